The number of anilines is 1. The molecular weight excluding hydrogens is 324 g/mol. The van der Waals surface area contributed by atoms with Crippen LogP contribution < -0.4 is 10.4 Å². The number of aryl methyl sites for hydroxylation is 3. The second kappa shape index (κ2) is 4.96. The summed E-state index contributed by atoms with van der Waals surface area (Å²) in [5.74, 6) is 0. The van der Waals surface area contributed by atoms with Crippen LogP contribution >= 0.6 is 11.3 Å². The van der Waals surface area contributed by atoms with Crippen LogP contribution in [0.1, 0.15) is 5.69 Å². The number of hydrogen-bond acceptors (Lipinski definition) is 5. The van der Waals surface area contributed by atoms with Gasteiger partial charge in [-0.15, -0.1) is 11.3 Å². The molecule has 0 unspecified atom stereocenters. The van der Waals surface area contributed by atoms with Crippen LogP contribution in [-0.2, 0) is 24.1 Å². The summed E-state index contributed by atoms with van der Waals surface area (Å²) in [7, 11) is -0.480. The first-order valence-corrected chi connectivity index (χ1v) is 8.76. The summed E-state index contributed by atoms with van der Waals surface area (Å²) in [4.78, 5) is 16.1. The number of sulfonamides is 1. The van der Waals surface area contributed by atoms with Crippen molar-refractivity contribution in [2.75, 3.05) is 4.72 Å². The van der Waals surface area contributed by atoms with Crippen molar-refractivity contribution in [1.82, 2.24) is 14.1 Å². The van der Waals surface area contributed by atoms with Gasteiger partial charge in [0.15, 0.2) is 5.13 Å². The SMILES string of the molecule is Cc1csc(NS(=O)(=O)c2ccc3c(c2)n(C)c(=O)n3C)n1. The van der Waals surface area contributed by atoms with Gasteiger partial charge in [-0.05, 0) is 25.1 Å². The van der Waals surface area contributed by atoms with E-state index < -0.39 is 10.0 Å². The number of thiazole rings is 1. The number of benzene rings is 1. The van der Waals surface area contributed by atoms with Gasteiger partial charge in [0, 0.05) is 19.5 Å². The Kier molecular flexibility index (Phi) is 3.33. The molecular formula is C13H14N4O3S2. The Morgan fingerprint density at radius 3 is 2.50 bits per heavy atom. The van der Waals surface area contributed by atoms with E-state index in [1.807, 2.05) is 0 Å². The lowest BCUT2D eigenvalue weighted by molar-refractivity contribution is 0.601. The van der Waals surface area contributed by atoms with Gasteiger partial charge in [-0.1, -0.05) is 0 Å². The number of nitrogens with zero attached hydrogens (tertiary/aromatic N) is 3. The lowest BCUT2D eigenvalue weighted by Gasteiger charge is -2.06. The van der Waals surface area contributed by atoms with Crippen molar-refractivity contribution in [1.29, 1.82) is 0 Å². The monoisotopic (exact) mass is 338 g/mol. The van der Waals surface area contributed by atoms with Crippen LogP contribution in [0, 0.1) is 6.92 Å². The molecule has 0 spiro atoms. The van der Waals surface area contributed by atoms with Crippen LogP contribution in [0.4, 0.5) is 5.13 Å². The van der Waals surface area contributed by atoms with Gasteiger partial charge in [0.05, 0.1) is 21.6 Å². The number of imidazole rings is 1. The summed E-state index contributed by atoms with van der Waals surface area (Å²) in [5, 5.41) is 2.08. The van der Waals surface area contributed by atoms with Crippen LogP contribution in [-0.4, -0.2) is 22.5 Å². The van der Waals surface area contributed by atoms with E-state index >= 15 is 0 Å². The maximum Gasteiger partial charge on any atom is 0.328 e. The summed E-state index contributed by atoms with van der Waals surface area (Å²) in [6.07, 6.45) is 0. The number of nitrogens with one attached hydrogen (secondary N) is 1. The second-order valence-corrected chi connectivity index (χ2v) is 7.49. The molecule has 0 atom stereocenters. The Hall–Kier alpha value is -2.13. The summed E-state index contributed by atoms with van der Waals surface area (Å²) >= 11 is 1.22. The minimum Gasteiger partial charge on any atom is -0.295 e. The van der Waals surface area contributed by atoms with Gasteiger partial charge in [0.25, 0.3) is 10.0 Å². The molecule has 3 rings (SSSR count). The highest BCUT2D eigenvalue weighted by molar-refractivity contribution is 7.93. The van der Waals surface area contributed by atoms with Crippen molar-refractivity contribution in [2.24, 2.45) is 14.1 Å². The molecule has 2 heterocycles. The topological polar surface area (TPSA) is 86.0 Å². The standard InChI is InChI=1S/C13H14N4O3S2/c1-8-7-21-12(14-8)15-22(19,20)9-4-5-10-11(6-9)17(3)13(18)16(10)2/h4-7H,1-3H3,(H,14,15). The van der Waals surface area contributed by atoms with Gasteiger partial charge in [-0.3, -0.25) is 13.9 Å². The molecule has 0 aliphatic heterocycles. The molecule has 7 nitrogen and oxygen atoms in total. The highest BCUT2D eigenvalue weighted by Crippen LogP contribution is 2.22. The molecule has 0 amide bonds. The van der Waals surface area contributed by atoms with E-state index in [0.717, 1.165) is 5.69 Å². The lowest BCUT2D eigenvalue weighted by atomic mass is 10.3. The summed E-state index contributed by atoms with van der Waals surface area (Å²) in [6, 6.07) is 4.59. The maximum absolute atomic E-state index is 12.4. The van der Waals surface area contributed by atoms with Gasteiger partial charge < -0.3 is 0 Å². The van der Waals surface area contributed by atoms with Crippen LogP contribution in [0.2, 0.25) is 0 Å². The van der Waals surface area contributed by atoms with Gasteiger partial charge in [-0.2, -0.15) is 0 Å². The van der Waals surface area contributed by atoms with E-state index in [1.54, 1.807) is 32.5 Å². The van der Waals surface area contributed by atoms with Crippen LogP contribution in [0.5, 0.6) is 0 Å². The molecule has 0 aliphatic rings. The predicted octanol–water partition coefficient (Wildman–Crippen LogP) is 1.44. The van der Waals surface area contributed by atoms with E-state index in [9.17, 15) is 13.2 Å². The first-order valence-electron chi connectivity index (χ1n) is 6.40. The third-order valence-electron chi connectivity index (χ3n) is 3.39. The van der Waals surface area contributed by atoms with E-state index in [0.29, 0.717) is 16.2 Å². The van der Waals surface area contributed by atoms with Gasteiger partial charge in [0.1, 0.15) is 0 Å². The lowest BCUT2D eigenvalue weighted by Crippen LogP contribution is -2.19. The van der Waals surface area contributed by atoms with Crippen LogP contribution in [0.3, 0.4) is 0 Å². The minimum atomic E-state index is -3.74. The minimum absolute atomic E-state index is 0.0917. The molecule has 0 fully saturated rings. The van der Waals surface area contributed by atoms with Gasteiger partial charge >= 0.3 is 5.69 Å². The molecule has 0 bridgehead atoms. The molecule has 0 aliphatic carbocycles. The Morgan fingerprint density at radius 2 is 1.86 bits per heavy atom. The van der Waals surface area contributed by atoms with Crippen molar-refractivity contribution in [3.63, 3.8) is 0 Å². The van der Waals surface area contributed by atoms with E-state index in [-0.39, 0.29) is 10.6 Å². The van der Waals surface area contributed by atoms with E-state index in [1.165, 1.54) is 32.6 Å². The normalized spacial score (nSPS) is 12.0. The number of fused-ring (bicyclic) bond motifs is 1. The molecule has 2 aromatic heterocycles. The van der Waals surface area contributed by atoms with Crippen LogP contribution in [0.25, 0.3) is 11.0 Å². The second-order valence-electron chi connectivity index (χ2n) is 4.95. The van der Waals surface area contributed by atoms with Gasteiger partial charge in [-0.25, -0.2) is 18.2 Å². The predicted molar refractivity (Wildman–Crippen MR) is 85.8 cm³/mol. The average Bonchev–Trinajstić information content (AvgIpc) is 2.96. The van der Waals surface area contributed by atoms with Gasteiger partial charge in [0.2, 0.25) is 0 Å². The van der Waals surface area contributed by atoms with Crippen molar-refractivity contribution >= 4 is 37.5 Å². The zero-order valence-corrected chi connectivity index (χ0v) is 13.8. The highest BCUT2D eigenvalue weighted by atomic mass is 32.2. The summed E-state index contributed by atoms with van der Waals surface area (Å²) < 4.78 is 30.2. The Bertz CT molecular complexity index is 1030. The Balaban J connectivity index is 2.09. The molecule has 0 radical (unpaired) electrons. The fraction of sp³-hybridized carbons (Fsp3) is 0.231. The summed E-state index contributed by atoms with van der Waals surface area (Å²) in [5.41, 5.74) is 1.79. The maximum atomic E-state index is 12.4. The van der Waals surface area contributed by atoms with Crippen LogP contribution in [0.15, 0.2) is 33.3 Å². The number of hydrogen-bond donors (Lipinski definition) is 1. The molecule has 1 N–H and O–H groups in total. The number of rotatable bonds is 3. The third-order valence-corrected chi connectivity index (χ3v) is 5.74. The first kappa shape index (κ1) is 14.8. The quantitative estimate of drug-likeness (QED) is 0.783. The molecule has 0 saturated heterocycles. The largest absolute Gasteiger partial charge is 0.328 e. The Labute approximate surface area is 130 Å². The highest BCUT2D eigenvalue weighted by Gasteiger charge is 2.18. The van der Waals surface area contributed by atoms with E-state index in [2.05, 4.69) is 9.71 Å². The smallest absolute Gasteiger partial charge is 0.295 e. The fourth-order valence-corrected chi connectivity index (χ4v) is 4.19. The van der Waals surface area contributed by atoms with Crippen molar-refractivity contribution in [3.8, 4) is 0 Å². The molecule has 9 heteroatoms. The zero-order valence-electron chi connectivity index (χ0n) is 12.2. The molecule has 22 heavy (non-hydrogen) atoms. The Morgan fingerprint density at radius 1 is 1.18 bits per heavy atom. The average molecular weight is 338 g/mol. The first-order chi connectivity index (χ1) is 10.3. The van der Waals surface area contributed by atoms with Crippen molar-refractivity contribution in [2.45, 2.75) is 11.8 Å². The molecule has 0 saturated carbocycles. The van der Waals surface area contributed by atoms with E-state index in [4.69, 9.17) is 0 Å². The number of aromatic nitrogens is 3. The molecule has 1 aromatic carbocycles. The zero-order chi connectivity index (χ0) is 16.1. The van der Waals surface area contributed by atoms with Crippen molar-refractivity contribution < 1.29 is 8.42 Å². The molecule has 116 valence electrons. The van der Waals surface area contributed by atoms with Crippen molar-refractivity contribution in [3.05, 3.63) is 39.8 Å². The molecule has 3 aromatic rings. The fourth-order valence-electron chi connectivity index (χ4n) is 2.23. The third kappa shape index (κ3) is 2.32. The summed E-state index contributed by atoms with van der Waals surface area (Å²) in [6.45, 7) is 1.79.